The van der Waals surface area contributed by atoms with Crippen LogP contribution >= 0.6 is 0 Å². The quantitative estimate of drug-likeness (QED) is 0.581. The van der Waals surface area contributed by atoms with Gasteiger partial charge in [-0.3, -0.25) is 14.9 Å². The molecule has 8 nitrogen and oxygen atoms in total. The molecule has 0 spiro atoms. The lowest BCUT2D eigenvalue weighted by molar-refractivity contribution is -0.384. The average Bonchev–Trinajstić information content (AvgIpc) is 2.92. The van der Waals surface area contributed by atoms with Crippen molar-refractivity contribution in [2.75, 3.05) is 0 Å². The molecule has 1 atom stereocenters. The van der Waals surface area contributed by atoms with Crippen molar-refractivity contribution >= 4 is 16.9 Å². The number of rotatable bonds is 3. The lowest BCUT2D eigenvalue weighted by Crippen LogP contribution is -2.10. The van der Waals surface area contributed by atoms with E-state index in [0.29, 0.717) is 5.65 Å². The third-order valence-electron chi connectivity index (χ3n) is 3.37. The molecule has 0 aliphatic carbocycles. The van der Waals surface area contributed by atoms with E-state index in [-0.39, 0.29) is 22.8 Å². The molecule has 0 aliphatic heterocycles. The second-order valence-electron chi connectivity index (χ2n) is 4.58. The Labute approximate surface area is 118 Å². The van der Waals surface area contributed by atoms with Crippen molar-refractivity contribution in [3.63, 3.8) is 0 Å². The highest BCUT2D eigenvalue weighted by atomic mass is 16.6. The molecule has 21 heavy (non-hydrogen) atoms. The maximum absolute atomic E-state index is 11.6. The molecule has 3 aromatic rings. The summed E-state index contributed by atoms with van der Waals surface area (Å²) in [6.07, 6.45) is 2.87. The summed E-state index contributed by atoms with van der Waals surface area (Å²) in [5, 5.41) is 10.7. The summed E-state index contributed by atoms with van der Waals surface area (Å²) in [7, 11) is 0. The van der Waals surface area contributed by atoms with Crippen LogP contribution in [0.4, 0.5) is 5.69 Å². The predicted octanol–water partition coefficient (Wildman–Crippen LogP) is 1.64. The van der Waals surface area contributed by atoms with E-state index in [4.69, 9.17) is 0 Å². The fourth-order valence-electron chi connectivity index (χ4n) is 2.18. The standard InChI is InChI=1S/C13H11N5O3/c1-8(9-2-4-10(5-3-9)18(20)21)17-7-16-11-12(17)14-6-15-13(11)19/h2-8H,1H3,(H,14,15,19)/t8-/m0/s1. The highest BCUT2D eigenvalue weighted by molar-refractivity contribution is 5.69. The van der Waals surface area contributed by atoms with Crippen LogP contribution < -0.4 is 5.56 Å². The zero-order valence-electron chi connectivity index (χ0n) is 11.1. The van der Waals surface area contributed by atoms with Crippen LogP contribution in [0.5, 0.6) is 0 Å². The second kappa shape index (κ2) is 4.82. The van der Waals surface area contributed by atoms with E-state index >= 15 is 0 Å². The van der Waals surface area contributed by atoms with Crippen molar-refractivity contribution in [2.45, 2.75) is 13.0 Å². The molecule has 0 saturated carbocycles. The molecule has 0 fully saturated rings. The van der Waals surface area contributed by atoms with Crippen molar-refractivity contribution in [3.8, 4) is 0 Å². The number of nitrogens with one attached hydrogen (secondary N) is 1. The number of fused-ring (bicyclic) bond motifs is 1. The van der Waals surface area contributed by atoms with Crippen molar-refractivity contribution in [3.05, 3.63) is 63.0 Å². The third-order valence-corrected chi connectivity index (χ3v) is 3.37. The second-order valence-corrected chi connectivity index (χ2v) is 4.58. The molecule has 8 heteroatoms. The van der Waals surface area contributed by atoms with Gasteiger partial charge in [-0.15, -0.1) is 0 Å². The van der Waals surface area contributed by atoms with Gasteiger partial charge in [0.15, 0.2) is 11.2 Å². The van der Waals surface area contributed by atoms with Crippen LogP contribution in [0.3, 0.4) is 0 Å². The Kier molecular flexibility index (Phi) is 2.98. The van der Waals surface area contributed by atoms with E-state index in [0.717, 1.165) is 5.56 Å². The molecule has 0 unspecified atom stereocenters. The zero-order valence-corrected chi connectivity index (χ0v) is 11.1. The molecule has 1 N–H and O–H groups in total. The first-order valence-corrected chi connectivity index (χ1v) is 6.22. The number of nitro groups is 1. The number of H-pyrrole nitrogens is 1. The molecule has 0 aliphatic rings. The Bertz CT molecular complexity index is 865. The first-order valence-electron chi connectivity index (χ1n) is 6.22. The van der Waals surface area contributed by atoms with Crippen molar-refractivity contribution in [1.82, 2.24) is 19.5 Å². The summed E-state index contributed by atoms with van der Waals surface area (Å²) in [6, 6.07) is 6.12. The Morgan fingerprint density at radius 3 is 2.67 bits per heavy atom. The van der Waals surface area contributed by atoms with Gasteiger partial charge in [0.2, 0.25) is 0 Å². The maximum atomic E-state index is 11.6. The van der Waals surface area contributed by atoms with Crippen molar-refractivity contribution in [2.24, 2.45) is 0 Å². The minimum atomic E-state index is -0.442. The minimum absolute atomic E-state index is 0.0380. The SMILES string of the molecule is C[C@@H](c1ccc([N+](=O)[O-])cc1)n1cnc2c(=O)[nH]cnc21. The largest absolute Gasteiger partial charge is 0.311 e. The Morgan fingerprint density at radius 2 is 2.00 bits per heavy atom. The van der Waals surface area contributed by atoms with Crippen LogP contribution in [-0.4, -0.2) is 24.4 Å². The first kappa shape index (κ1) is 13.0. The molecular formula is C13H11N5O3. The van der Waals surface area contributed by atoms with Gasteiger partial charge in [-0.25, -0.2) is 9.97 Å². The molecule has 0 saturated heterocycles. The van der Waals surface area contributed by atoms with Gasteiger partial charge < -0.3 is 9.55 Å². The number of nitro benzene ring substituents is 1. The molecular weight excluding hydrogens is 274 g/mol. The highest BCUT2D eigenvalue weighted by Crippen LogP contribution is 2.23. The van der Waals surface area contributed by atoms with E-state index in [1.807, 2.05) is 6.92 Å². The van der Waals surface area contributed by atoms with Gasteiger partial charge in [0.25, 0.3) is 11.2 Å². The van der Waals surface area contributed by atoms with Crippen LogP contribution in [0.2, 0.25) is 0 Å². The summed E-state index contributed by atoms with van der Waals surface area (Å²) in [5.74, 6) is 0. The van der Waals surface area contributed by atoms with Gasteiger partial charge in [0.1, 0.15) is 0 Å². The Hall–Kier alpha value is -3.03. The van der Waals surface area contributed by atoms with E-state index < -0.39 is 4.92 Å². The summed E-state index contributed by atoms with van der Waals surface area (Å²) < 4.78 is 1.76. The van der Waals surface area contributed by atoms with Gasteiger partial charge in [-0.05, 0) is 12.5 Å². The summed E-state index contributed by atoms with van der Waals surface area (Å²) in [5.41, 5.74) is 1.35. The molecule has 0 bridgehead atoms. The fourth-order valence-corrected chi connectivity index (χ4v) is 2.18. The van der Waals surface area contributed by atoms with Gasteiger partial charge in [-0.1, -0.05) is 12.1 Å². The normalized spacial score (nSPS) is 12.4. The number of nitrogens with zero attached hydrogens (tertiary/aromatic N) is 4. The summed E-state index contributed by atoms with van der Waals surface area (Å²) in [6.45, 7) is 1.91. The molecule has 3 rings (SSSR count). The lowest BCUT2D eigenvalue weighted by Gasteiger charge is -2.13. The van der Waals surface area contributed by atoms with Gasteiger partial charge in [0, 0.05) is 12.1 Å². The Balaban J connectivity index is 2.04. The van der Waals surface area contributed by atoms with Crippen LogP contribution in [0.25, 0.3) is 11.2 Å². The summed E-state index contributed by atoms with van der Waals surface area (Å²) in [4.78, 5) is 32.5. The fraction of sp³-hybridized carbons (Fsp3) is 0.154. The number of aromatic nitrogens is 4. The Morgan fingerprint density at radius 1 is 1.29 bits per heavy atom. The van der Waals surface area contributed by atoms with E-state index in [1.165, 1.54) is 18.5 Å². The van der Waals surface area contributed by atoms with Crippen LogP contribution in [0.1, 0.15) is 18.5 Å². The summed E-state index contributed by atoms with van der Waals surface area (Å²) >= 11 is 0. The third kappa shape index (κ3) is 2.16. The van der Waals surface area contributed by atoms with Crippen LogP contribution in [0.15, 0.2) is 41.7 Å². The smallest absolute Gasteiger partial charge is 0.278 e. The number of non-ortho nitro benzene ring substituents is 1. The number of imidazole rings is 1. The maximum Gasteiger partial charge on any atom is 0.278 e. The van der Waals surface area contributed by atoms with E-state index in [1.54, 1.807) is 23.0 Å². The van der Waals surface area contributed by atoms with E-state index in [2.05, 4.69) is 15.0 Å². The number of hydrogen-bond acceptors (Lipinski definition) is 5. The molecule has 0 radical (unpaired) electrons. The molecule has 106 valence electrons. The monoisotopic (exact) mass is 285 g/mol. The van der Waals surface area contributed by atoms with Gasteiger partial charge in [0.05, 0.1) is 23.6 Å². The minimum Gasteiger partial charge on any atom is -0.311 e. The van der Waals surface area contributed by atoms with E-state index in [9.17, 15) is 14.9 Å². The number of hydrogen-bond donors (Lipinski definition) is 1. The highest BCUT2D eigenvalue weighted by Gasteiger charge is 2.15. The van der Waals surface area contributed by atoms with Crippen LogP contribution in [0, 0.1) is 10.1 Å². The van der Waals surface area contributed by atoms with Crippen molar-refractivity contribution < 1.29 is 4.92 Å². The molecule has 1 aromatic carbocycles. The predicted molar refractivity (Wildman–Crippen MR) is 75.1 cm³/mol. The number of aromatic amines is 1. The number of benzene rings is 1. The molecule has 2 heterocycles. The van der Waals surface area contributed by atoms with Gasteiger partial charge in [-0.2, -0.15) is 0 Å². The topological polar surface area (TPSA) is 107 Å². The van der Waals surface area contributed by atoms with Gasteiger partial charge >= 0.3 is 0 Å². The lowest BCUT2D eigenvalue weighted by atomic mass is 10.1. The first-order chi connectivity index (χ1) is 10.1. The average molecular weight is 285 g/mol. The van der Waals surface area contributed by atoms with Crippen LogP contribution in [-0.2, 0) is 0 Å². The molecule has 2 aromatic heterocycles. The van der Waals surface area contributed by atoms with Crippen molar-refractivity contribution in [1.29, 1.82) is 0 Å². The molecule has 0 amide bonds. The zero-order chi connectivity index (χ0) is 15.0.